The fraction of sp³-hybridized carbons (Fsp3) is 0.571. The molecule has 0 unspecified atom stereocenters. The minimum absolute atomic E-state index is 0.00355. The van der Waals surface area contributed by atoms with Crippen molar-refractivity contribution in [2.24, 2.45) is 0 Å². The van der Waals surface area contributed by atoms with Gasteiger partial charge in [0.2, 0.25) is 5.91 Å². The summed E-state index contributed by atoms with van der Waals surface area (Å²) in [5.41, 5.74) is 0. The van der Waals surface area contributed by atoms with E-state index in [1.807, 2.05) is 24.4 Å². The second-order valence-corrected chi connectivity index (χ2v) is 6.07. The molecule has 0 saturated carbocycles. The number of amides is 3. The Morgan fingerprint density at radius 2 is 2.35 bits per heavy atom. The monoisotopic (exact) mass is 295 g/mol. The second kappa shape index (κ2) is 6.74. The number of carbonyl (C=O) groups is 2. The summed E-state index contributed by atoms with van der Waals surface area (Å²) in [5, 5.41) is 7.65. The first-order valence-electron chi connectivity index (χ1n) is 6.94. The molecule has 2 heterocycles. The predicted molar refractivity (Wildman–Crippen MR) is 79.7 cm³/mol. The van der Waals surface area contributed by atoms with Gasteiger partial charge < -0.3 is 15.5 Å². The molecule has 1 saturated heterocycles. The quantitative estimate of drug-likeness (QED) is 0.897. The standard InChI is InChI=1S/C14H21N3O2S/c1-10(12-7-5-9-20-12)17(2)14(19)16-11-6-3-4-8-15-13(11)18/h5,7,9-11H,3-4,6,8H2,1-2H3,(H,15,18)(H,16,19)/t10-,11-/m1/s1. The molecule has 0 aromatic carbocycles. The Morgan fingerprint density at radius 1 is 1.55 bits per heavy atom. The van der Waals surface area contributed by atoms with Crippen LogP contribution in [0.15, 0.2) is 17.5 Å². The first-order valence-corrected chi connectivity index (χ1v) is 7.82. The van der Waals surface area contributed by atoms with E-state index in [1.54, 1.807) is 23.3 Å². The average molecular weight is 295 g/mol. The lowest BCUT2D eigenvalue weighted by Gasteiger charge is -2.26. The second-order valence-electron chi connectivity index (χ2n) is 5.09. The van der Waals surface area contributed by atoms with Crippen LogP contribution in [0.4, 0.5) is 4.79 Å². The molecule has 1 aromatic heterocycles. The molecule has 0 radical (unpaired) electrons. The summed E-state index contributed by atoms with van der Waals surface area (Å²) >= 11 is 1.63. The van der Waals surface area contributed by atoms with Gasteiger partial charge in [-0.05, 0) is 37.6 Å². The average Bonchev–Trinajstić information content (AvgIpc) is 2.90. The number of nitrogens with one attached hydrogen (secondary N) is 2. The van der Waals surface area contributed by atoms with E-state index in [0.29, 0.717) is 13.0 Å². The first-order chi connectivity index (χ1) is 9.59. The maximum absolute atomic E-state index is 12.2. The third-order valence-electron chi connectivity index (χ3n) is 3.69. The molecule has 1 aromatic rings. The first kappa shape index (κ1) is 14.8. The molecule has 0 aliphatic carbocycles. The lowest BCUT2D eigenvalue weighted by atomic mass is 10.1. The van der Waals surface area contributed by atoms with Crippen LogP contribution in [-0.2, 0) is 4.79 Å². The van der Waals surface area contributed by atoms with Crippen molar-refractivity contribution in [2.75, 3.05) is 13.6 Å². The number of carbonyl (C=O) groups excluding carboxylic acids is 2. The van der Waals surface area contributed by atoms with Crippen molar-refractivity contribution in [1.29, 1.82) is 0 Å². The van der Waals surface area contributed by atoms with E-state index in [4.69, 9.17) is 0 Å². The minimum Gasteiger partial charge on any atom is -0.354 e. The van der Waals surface area contributed by atoms with Crippen LogP contribution in [0, 0.1) is 0 Å². The van der Waals surface area contributed by atoms with Crippen LogP contribution in [0.2, 0.25) is 0 Å². The van der Waals surface area contributed by atoms with E-state index < -0.39 is 6.04 Å². The topological polar surface area (TPSA) is 61.4 Å². The predicted octanol–water partition coefficient (Wildman–Crippen LogP) is 2.12. The Morgan fingerprint density at radius 3 is 3.05 bits per heavy atom. The maximum atomic E-state index is 12.2. The smallest absolute Gasteiger partial charge is 0.318 e. The van der Waals surface area contributed by atoms with E-state index in [-0.39, 0.29) is 18.0 Å². The molecule has 5 nitrogen and oxygen atoms in total. The Balaban J connectivity index is 1.94. The van der Waals surface area contributed by atoms with Crippen molar-refractivity contribution in [1.82, 2.24) is 15.5 Å². The van der Waals surface area contributed by atoms with Gasteiger partial charge in [0.1, 0.15) is 6.04 Å². The zero-order valence-electron chi connectivity index (χ0n) is 11.9. The lowest BCUT2D eigenvalue weighted by Crippen LogP contribution is -2.49. The van der Waals surface area contributed by atoms with Crippen LogP contribution in [0.25, 0.3) is 0 Å². The number of hydrogen-bond acceptors (Lipinski definition) is 3. The fourth-order valence-electron chi connectivity index (χ4n) is 2.22. The third-order valence-corrected chi connectivity index (χ3v) is 4.73. The number of nitrogens with zero attached hydrogens (tertiary/aromatic N) is 1. The van der Waals surface area contributed by atoms with Crippen molar-refractivity contribution in [2.45, 2.75) is 38.3 Å². The van der Waals surface area contributed by atoms with Gasteiger partial charge in [-0.2, -0.15) is 0 Å². The van der Waals surface area contributed by atoms with Crippen LogP contribution in [0.3, 0.4) is 0 Å². The fourth-order valence-corrected chi connectivity index (χ4v) is 3.05. The Hall–Kier alpha value is -1.56. The van der Waals surface area contributed by atoms with Crippen LogP contribution >= 0.6 is 11.3 Å². The van der Waals surface area contributed by atoms with Crippen LogP contribution in [0.1, 0.15) is 37.1 Å². The zero-order chi connectivity index (χ0) is 14.5. The molecule has 20 heavy (non-hydrogen) atoms. The van der Waals surface area contributed by atoms with Gasteiger partial charge in [0.05, 0.1) is 6.04 Å². The highest BCUT2D eigenvalue weighted by Crippen LogP contribution is 2.23. The normalized spacial score (nSPS) is 20.7. The maximum Gasteiger partial charge on any atom is 0.318 e. The summed E-state index contributed by atoms with van der Waals surface area (Å²) in [6.45, 7) is 2.69. The molecule has 2 rings (SSSR count). The van der Waals surface area contributed by atoms with Gasteiger partial charge in [-0.15, -0.1) is 11.3 Å². The summed E-state index contributed by atoms with van der Waals surface area (Å²) < 4.78 is 0. The number of hydrogen-bond donors (Lipinski definition) is 2. The molecular weight excluding hydrogens is 274 g/mol. The molecule has 6 heteroatoms. The Bertz CT molecular complexity index is 461. The van der Waals surface area contributed by atoms with Crippen molar-refractivity contribution < 1.29 is 9.59 Å². The summed E-state index contributed by atoms with van der Waals surface area (Å²) in [5.74, 6) is -0.0759. The van der Waals surface area contributed by atoms with Gasteiger partial charge in [-0.25, -0.2) is 4.79 Å². The van der Waals surface area contributed by atoms with Crippen molar-refractivity contribution in [3.05, 3.63) is 22.4 Å². The molecule has 110 valence electrons. The molecule has 1 fully saturated rings. The molecule has 1 aliphatic rings. The lowest BCUT2D eigenvalue weighted by molar-refractivity contribution is -0.122. The van der Waals surface area contributed by atoms with Gasteiger partial charge in [0.15, 0.2) is 0 Å². The Labute approximate surface area is 123 Å². The third kappa shape index (κ3) is 3.50. The number of thiophene rings is 1. The molecule has 0 bridgehead atoms. The highest BCUT2D eigenvalue weighted by atomic mass is 32.1. The van der Waals surface area contributed by atoms with Crippen LogP contribution in [0.5, 0.6) is 0 Å². The summed E-state index contributed by atoms with van der Waals surface area (Å²) in [4.78, 5) is 26.8. The summed E-state index contributed by atoms with van der Waals surface area (Å²) in [7, 11) is 1.76. The molecule has 2 N–H and O–H groups in total. The van der Waals surface area contributed by atoms with Crippen LogP contribution in [-0.4, -0.2) is 36.5 Å². The van der Waals surface area contributed by atoms with E-state index in [1.165, 1.54) is 0 Å². The molecular formula is C14H21N3O2S. The van der Waals surface area contributed by atoms with Crippen LogP contribution < -0.4 is 10.6 Å². The van der Waals surface area contributed by atoms with E-state index in [2.05, 4.69) is 10.6 Å². The summed E-state index contributed by atoms with van der Waals surface area (Å²) in [6.07, 6.45) is 2.63. The zero-order valence-corrected chi connectivity index (χ0v) is 12.7. The van der Waals surface area contributed by atoms with Gasteiger partial charge in [0.25, 0.3) is 0 Å². The highest BCUT2D eigenvalue weighted by molar-refractivity contribution is 7.10. The molecule has 1 aliphatic heterocycles. The van der Waals surface area contributed by atoms with Gasteiger partial charge in [-0.3, -0.25) is 4.79 Å². The van der Waals surface area contributed by atoms with Crippen molar-refractivity contribution in [3.8, 4) is 0 Å². The van der Waals surface area contributed by atoms with E-state index in [0.717, 1.165) is 17.7 Å². The SMILES string of the molecule is C[C@H](c1cccs1)N(C)C(=O)N[C@@H]1CCCCNC1=O. The van der Waals surface area contributed by atoms with E-state index in [9.17, 15) is 9.59 Å². The van der Waals surface area contributed by atoms with Gasteiger partial charge >= 0.3 is 6.03 Å². The molecule has 0 spiro atoms. The van der Waals surface area contributed by atoms with Crippen molar-refractivity contribution in [3.63, 3.8) is 0 Å². The summed E-state index contributed by atoms with van der Waals surface area (Å²) in [6, 6.07) is 3.37. The minimum atomic E-state index is -0.414. The largest absolute Gasteiger partial charge is 0.354 e. The van der Waals surface area contributed by atoms with E-state index >= 15 is 0 Å². The van der Waals surface area contributed by atoms with Crippen molar-refractivity contribution >= 4 is 23.3 Å². The number of rotatable bonds is 3. The molecule has 3 amide bonds. The molecule has 2 atom stereocenters. The Kier molecular flexibility index (Phi) is 5.00. The van der Waals surface area contributed by atoms with Gasteiger partial charge in [0, 0.05) is 18.5 Å². The number of urea groups is 1. The highest BCUT2D eigenvalue weighted by Gasteiger charge is 2.25. The van der Waals surface area contributed by atoms with Gasteiger partial charge in [-0.1, -0.05) is 6.07 Å².